The topological polar surface area (TPSA) is 74.8 Å². The van der Waals surface area contributed by atoms with E-state index in [4.69, 9.17) is 4.74 Å². The molecule has 1 aromatic heterocycles. The van der Waals surface area contributed by atoms with Gasteiger partial charge in [0.15, 0.2) is 0 Å². The van der Waals surface area contributed by atoms with Crippen LogP contribution < -0.4 is 10.2 Å². The number of rotatable bonds is 5. The first kappa shape index (κ1) is 17.3. The molecule has 1 saturated carbocycles. The molecule has 3 heterocycles. The fourth-order valence-electron chi connectivity index (χ4n) is 3.84. The third-order valence-electron chi connectivity index (χ3n) is 5.54. The molecular weight excluding hydrogens is 332 g/mol. The number of nitrogens with one attached hydrogen (secondary N) is 1. The fraction of sp³-hybridized carbons (Fsp3) is 0.632. The summed E-state index contributed by atoms with van der Waals surface area (Å²) in [5.41, 5.74) is 0. The molecule has 1 aromatic rings. The van der Waals surface area contributed by atoms with E-state index in [1.807, 2.05) is 23.1 Å². The van der Waals surface area contributed by atoms with Crippen molar-refractivity contribution >= 4 is 17.6 Å². The smallest absolute Gasteiger partial charge is 0.226 e. The summed E-state index contributed by atoms with van der Waals surface area (Å²) >= 11 is 0. The van der Waals surface area contributed by atoms with Crippen LogP contribution >= 0.6 is 0 Å². The van der Waals surface area contributed by atoms with Gasteiger partial charge in [0, 0.05) is 45.5 Å². The molecule has 7 heteroatoms. The van der Waals surface area contributed by atoms with Gasteiger partial charge in [0.05, 0.1) is 17.9 Å². The minimum atomic E-state index is -0.155. The Kier molecular flexibility index (Phi) is 5.06. The zero-order valence-corrected chi connectivity index (χ0v) is 15.0. The summed E-state index contributed by atoms with van der Waals surface area (Å²) in [6.45, 7) is 4.30. The second-order valence-corrected chi connectivity index (χ2v) is 7.33. The van der Waals surface area contributed by atoms with E-state index >= 15 is 0 Å². The Bertz CT molecular complexity index is 639. The number of amides is 2. The number of piperazine rings is 1. The van der Waals surface area contributed by atoms with Crippen molar-refractivity contribution in [3.8, 4) is 0 Å². The quantitative estimate of drug-likeness (QED) is 0.837. The van der Waals surface area contributed by atoms with Crippen LogP contribution in [0.2, 0.25) is 0 Å². The van der Waals surface area contributed by atoms with E-state index in [1.54, 1.807) is 6.20 Å². The molecule has 0 aromatic carbocycles. The van der Waals surface area contributed by atoms with Gasteiger partial charge in [-0.25, -0.2) is 4.98 Å². The molecule has 0 spiro atoms. The lowest BCUT2D eigenvalue weighted by atomic mass is 10.2. The molecule has 26 heavy (non-hydrogen) atoms. The van der Waals surface area contributed by atoms with Gasteiger partial charge in [-0.3, -0.25) is 9.59 Å². The summed E-state index contributed by atoms with van der Waals surface area (Å²) in [6.07, 6.45) is 4.68. The first-order valence-electron chi connectivity index (χ1n) is 9.56. The van der Waals surface area contributed by atoms with Crippen LogP contribution in [0.1, 0.15) is 19.3 Å². The number of carbonyl (C=O) groups excluding carboxylic acids is 2. The van der Waals surface area contributed by atoms with Crippen molar-refractivity contribution in [3.63, 3.8) is 0 Å². The van der Waals surface area contributed by atoms with Gasteiger partial charge in [-0.05, 0) is 31.4 Å². The van der Waals surface area contributed by atoms with E-state index < -0.39 is 0 Å². The molecule has 2 aliphatic heterocycles. The number of nitrogens with zero attached hydrogens (tertiary/aromatic N) is 3. The Morgan fingerprint density at radius 3 is 2.73 bits per heavy atom. The molecule has 0 radical (unpaired) electrons. The van der Waals surface area contributed by atoms with E-state index in [1.165, 1.54) is 0 Å². The molecule has 1 N–H and O–H groups in total. The number of pyridine rings is 1. The monoisotopic (exact) mass is 358 g/mol. The summed E-state index contributed by atoms with van der Waals surface area (Å²) in [4.78, 5) is 33.4. The van der Waals surface area contributed by atoms with E-state index in [0.29, 0.717) is 26.1 Å². The molecule has 3 aliphatic rings. The average molecular weight is 358 g/mol. The number of hydrogen-bond acceptors (Lipinski definition) is 5. The van der Waals surface area contributed by atoms with E-state index in [0.717, 1.165) is 38.4 Å². The van der Waals surface area contributed by atoms with Crippen molar-refractivity contribution in [2.45, 2.75) is 25.4 Å². The molecule has 4 rings (SSSR count). The van der Waals surface area contributed by atoms with Crippen LogP contribution in [-0.4, -0.2) is 67.1 Å². The minimum Gasteiger partial charge on any atom is -0.376 e. The zero-order valence-electron chi connectivity index (χ0n) is 15.0. The average Bonchev–Trinajstić information content (AvgIpc) is 3.33. The zero-order chi connectivity index (χ0) is 17.9. The van der Waals surface area contributed by atoms with Crippen molar-refractivity contribution in [1.82, 2.24) is 15.2 Å². The SMILES string of the molecule is O=C(NCC1CCCO1)C1CC1C(=O)N1CCN(c2ccccn2)CC1. The normalized spacial score (nSPS) is 28.1. The summed E-state index contributed by atoms with van der Waals surface area (Å²) in [6, 6.07) is 5.87. The first-order valence-corrected chi connectivity index (χ1v) is 9.56. The third-order valence-corrected chi connectivity index (χ3v) is 5.54. The molecule has 3 fully saturated rings. The number of ether oxygens (including phenoxy) is 1. The minimum absolute atomic E-state index is 0.00553. The molecule has 3 unspecified atom stereocenters. The number of hydrogen-bond donors (Lipinski definition) is 1. The lowest BCUT2D eigenvalue weighted by molar-refractivity contribution is -0.135. The Morgan fingerprint density at radius 2 is 2.04 bits per heavy atom. The summed E-state index contributed by atoms with van der Waals surface area (Å²) in [7, 11) is 0. The molecule has 7 nitrogen and oxygen atoms in total. The van der Waals surface area contributed by atoms with Crippen LogP contribution in [0.15, 0.2) is 24.4 Å². The second kappa shape index (κ2) is 7.61. The predicted molar refractivity (Wildman–Crippen MR) is 96.6 cm³/mol. The summed E-state index contributed by atoms with van der Waals surface area (Å²) < 4.78 is 5.52. The van der Waals surface area contributed by atoms with Crippen LogP contribution in [-0.2, 0) is 14.3 Å². The number of aromatic nitrogens is 1. The van der Waals surface area contributed by atoms with Crippen molar-refractivity contribution < 1.29 is 14.3 Å². The number of anilines is 1. The molecule has 1 aliphatic carbocycles. The first-order chi connectivity index (χ1) is 12.7. The molecular formula is C19H26N4O3. The van der Waals surface area contributed by atoms with E-state index in [2.05, 4.69) is 15.2 Å². The van der Waals surface area contributed by atoms with Crippen molar-refractivity contribution in [3.05, 3.63) is 24.4 Å². The summed E-state index contributed by atoms with van der Waals surface area (Å²) in [5, 5.41) is 2.95. The predicted octanol–water partition coefficient (Wildman–Crippen LogP) is 0.662. The van der Waals surface area contributed by atoms with Gasteiger partial charge in [0.1, 0.15) is 5.82 Å². The van der Waals surface area contributed by atoms with Crippen LogP contribution in [0.3, 0.4) is 0 Å². The Hall–Kier alpha value is -2.15. The van der Waals surface area contributed by atoms with Crippen LogP contribution in [0, 0.1) is 11.8 Å². The highest BCUT2D eigenvalue weighted by molar-refractivity contribution is 5.92. The van der Waals surface area contributed by atoms with Crippen molar-refractivity contribution in [2.24, 2.45) is 11.8 Å². The van der Waals surface area contributed by atoms with Gasteiger partial charge >= 0.3 is 0 Å². The highest BCUT2D eigenvalue weighted by Gasteiger charge is 2.49. The van der Waals surface area contributed by atoms with Gasteiger partial charge in [-0.2, -0.15) is 0 Å². The van der Waals surface area contributed by atoms with E-state index in [9.17, 15) is 9.59 Å². The molecule has 140 valence electrons. The highest BCUT2D eigenvalue weighted by atomic mass is 16.5. The molecule has 2 amide bonds. The largest absolute Gasteiger partial charge is 0.376 e. The fourth-order valence-corrected chi connectivity index (χ4v) is 3.84. The lowest BCUT2D eigenvalue weighted by Gasteiger charge is -2.35. The van der Waals surface area contributed by atoms with Gasteiger partial charge in [-0.1, -0.05) is 6.07 Å². The summed E-state index contributed by atoms with van der Waals surface area (Å²) in [5.74, 6) is 0.796. The Balaban J connectivity index is 1.21. The van der Waals surface area contributed by atoms with E-state index in [-0.39, 0.29) is 29.8 Å². The maximum atomic E-state index is 12.7. The highest BCUT2D eigenvalue weighted by Crippen LogP contribution is 2.40. The Morgan fingerprint density at radius 1 is 1.19 bits per heavy atom. The van der Waals surface area contributed by atoms with Gasteiger partial charge in [0.25, 0.3) is 0 Å². The second-order valence-electron chi connectivity index (χ2n) is 7.33. The van der Waals surface area contributed by atoms with Crippen LogP contribution in [0.5, 0.6) is 0 Å². The van der Waals surface area contributed by atoms with Crippen molar-refractivity contribution in [1.29, 1.82) is 0 Å². The van der Waals surface area contributed by atoms with Gasteiger partial charge in [0.2, 0.25) is 11.8 Å². The molecule has 0 bridgehead atoms. The van der Waals surface area contributed by atoms with Gasteiger partial charge < -0.3 is 19.9 Å². The molecule has 3 atom stereocenters. The maximum Gasteiger partial charge on any atom is 0.226 e. The third kappa shape index (κ3) is 3.82. The van der Waals surface area contributed by atoms with Gasteiger partial charge in [-0.15, -0.1) is 0 Å². The lowest BCUT2D eigenvalue weighted by Crippen LogP contribution is -2.49. The standard InChI is InChI=1S/C19H26N4O3/c24-18(21-13-14-4-3-11-26-14)15-12-16(15)19(25)23-9-7-22(8-10-23)17-5-1-2-6-20-17/h1-2,5-6,14-16H,3-4,7-13H2,(H,21,24). The maximum absolute atomic E-state index is 12.7. The van der Waals surface area contributed by atoms with Crippen LogP contribution in [0.4, 0.5) is 5.82 Å². The van der Waals surface area contributed by atoms with Crippen LogP contribution in [0.25, 0.3) is 0 Å². The number of carbonyl (C=O) groups is 2. The Labute approximate surface area is 153 Å². The molecule has 2 saturated heterocycles. The van der Waals surface area contributed by atoms with Crippen molar-refractivity contribution in [2.75, 3.05) is 44.2 Å².